The molecule has 3 nitrogen and oxygen atoms in total. The highest BCUT2D eigenvalue weighted by Crippen LogP contribution is 2.04. The molecule has 1 heterocycles. The van der Waals surface area contributed by atoms with E-state index >= 15 is 0 Å². The Bertz CT molecular complexity index is 259. The number of unbranched alkanes of at least 4 members (excludes halogenated alkanes) is 5. The molecule has 1 aromatic heterocycles. The van der Waals surface area contributed by atoms with Crippen molar-refractivity contribution in [3.63, 3.8) is 0 Å². The fourth-order valence-corrected chi connectivity index (χ4v) is 1.86. The maximum atomic E-state index is 5.57. The third-order valence-electron chi connectivity index (χ3n) is 2.94. The van der Waals surface area contributed by atoms with Crippen LogP contribution < -0.4 is 5.32 Å². The standard InChI is InChI=1S/C15H27NO2/c1-2-3-4-5-6-7-11-17-13-10-16-14-15-9-8-12-18-15/h8-9,12,16H,2-7,10-11,13-14H2,1H3. The summed E-state index contributed by atoms with van der Waals surface area (Å²) in [4.78, 5) is 0. The molecule has 0 saturated heterocycles. The quantitative estimate of drug-likeness (QED) is 0.576. The molecule has 1 aromatic rings. The molecule has 104 valence electrons. The molecule has 3 heteroatoms. The van der Waals surface area contributed by atoms with Crippen molar-refractivity contribution >= 4 is 0 Å². The summed E-state index contributed by atoms with van der Waals surface area (Å²) in [7, 11) is 0. The summed E-state index contributed by atoms with van der Waals surface area (Å²) < 4.78 is 10.8. The summed E-state index contributed by atoms with van der Waals surface area (Å²) in [6.07, 6.45) is 9.62. The SMILES string of the molecule is CCCCCCCCOCCNCc1ccco1. The predicted molar refractivity (Wildman–Crippen MR) is 74.6 cm³/mol. The van der Waals surface area contributed by atoms with Gasteiger partial charge in [-0.2, -0.15) is 0 Å². The lowest BCUT2D eigenvalue weighted by Gasteiger charge is -2.05. The van der Waals surface area contributed by atoms with Crippen molar-refractivity contribution in [3.8, 4) is 0 Å². The van der Waals surface area contributed by atoms with Crippen molar-refractivity contribution < 1.29 is 9.15 Å². The van der Waals surface area contributed by atoms with Gasteiger partial charge in [-0.05, 0) is 18.6 Å². The highest BCUT2D eigenvalue weighted by Gasteiger charge is 1.94. The Morgan fingerprint density at radius 1 is 1.11 bits per heavy atom. The lowest BCUT2D eigenvalue weighted by molar-refractivity contribution is 0.131. The van der Waals surface area contributed by atoms with E-state index in [-0.39, 0.29) is 0 Å². The number of ether oxygens (including phenoxy) is 1. The molecule has 1 N–H and O–H groups in total. The Balaban J connectivity index is 1.73. The first-order valence-electron chi connectivity index (χ1n) is 7.24. The Hall–Kier alpha value is -0.800. The Morgan fingerprint density at radius 2 is 1.94 bits per heavy atom. The molecule has 0 fully saturated rings. The van der Waals surface area contributed by atoms with E-state index in [2.05, 4.69) is 12.2 Å². The summed E-state index contributed by atoms with van der Waals surface area (Å²) in [5, 5.41) is 3.29. The average Bonchev–Trinajstić information content (AvgIpc) is 2.89. The van der Waals surface area contributed by atoms with E-state index in [0.29, 0.717) is 0 Å². The van der Waals surface area contributed by atoms with Crippen molar-refractivity contribution in [2.45, 2.75) is 52.0 Å². The summed E-state index contributed by atoms with van der Waals surface area (Å²) in [5.74, 6) is 0.978. The van der Waals surface area contributed by atoms with Gasteiger partial charge >= 0.3 is 0 Å². The normalized spacial score (nSPS) is 10.9. The van der Waals surface area contributed by atoms with Crippen molar-refractivity contribution in [2.75, 3.05) is 19.8 Å². The second-order valence-electron chi connectivity index (χ2n) is 4.64. The first-order valence-corrected chi connectivity index (χ1v) is 7.24. The number of rotatable bonds is 12. The molecule has 0 aliphatic rings. The zero-order valence-corrected chi connectivity index (χ0v) is 11.6. The molecule has 0 atom stereocenters. The first-order chi connectivity index (χ1) is 8.93. The van der Waals surface area contributed by atoms with Crippen LogP contribution in [0.5, 0.6) is 0 Å². The van der Waals surface area contributed by atoms with E-state index in [1.807, 2.05) is 12.1 Å². The molecule has 0 amide bonds. The van der Waals surface area contributed by atoms with Crippen LogP contribution in [-0.4, -0.2) is 19.8 Å². The van der Waals surface area contributed by atoms with Crippen LogP contribution in [0.15, 0.2) is 22.8 Å². The number of nitrogens with one attached hydrogen (secondary N) is 1. The first kappa shape index (κ1) is 15.3. The number of hydrogen-bond donors (Lipinski definition) is 1. The minimum absolute atomic E-state index is 0.785. The highest BCUT2D eigenvalue weighted by molar-refractivity contribution is 4.97. The molecular formula is C15H27NO2. The van der Waals surface area contributed by atoms with Crippen LogP contribution in [0.1, 0.15) is 51.2 Å². The number of hydrogen-bond acceptors (Lipinski definition) is 3. The molecule has 0 spiro atoms. The Labute approximate surface area is 111 Å². The van der Waals surface area contributed by atoms with Gasteiger partial charge in [-0.15, -0.1) is 0 Å². The van der Waals surface area contributed by atoms with Crippen molar-refractivity contribution in [2.24, 2.45) is 0 Å². The lowest BCUT2D eigenvalue weighted by Crippen LogP contribution is -2.19. The second kappa shape index (κ2) is 11.3. The second-order valence-corrected chi connectivity index (χ2v) is 4.64. The van der Waals surface area contributed by atoms with Crippen molar-refractivity contribution in [1.82, 2.24) is 5.32 Å². The fourth-order valence-electron chi connectivity index (χ4n) is 1.86. The molecule has 0 radical (unpaired) electrons. The van der Waals surface area contributed by atoms with Gasteiger partial charge in [0.25, 0.3) is 0 Å². The summed E-state index contributed by atoms with van der Waals surface area (Å²) >= 11 is 0. The predicted octanol–water partition coefficient (Wildman–Crippen LogP) is 3.75. The van der Waals surface area contributed by atoms with Gasteiger partial charge in [-0.1, -0.05) is 39.0 Å². The van der Waals surface area contributed by atoms with Gasteiger partial charge in [0.05, 0.1) is 19.4 Å². The maximum Gasteiger partial charge on any atom is 0.117 e. The van der Waals surface area contributed by atoms with Crippen LogP contribution >= 0.6 is 0 Å². The van der Waals surface area contributed by atoms with Crippen molar-refractivity contribution in [3.05, 3.63) is 24.2 Å². The average molecular weight is 253 g/mol. The smallest absolute Gasteiger partial charge is 0.117 e. The summed E-state index contributed by atoms with van der Waals surface area (Å²) in [6, 6.07) is 3.89. The lowest BCUT2D eigenvalue weighted by atomic mass is 10.1. The molecule has 0 bridgehead atoms. The molecular weight excluding hydrogens is 226 g/mol. The van der Waals surface area contributed by atoms with Crippen LogP contribution in [0.4, 0.5) is 0 Å². The van der Waals surface area contributed by atoms with Gasteiger partial charge in [-0.25, -0.2) is 0 Å². The molecule has 0 aromatic carbocycles. The number of furan rings is 1. The topological polar surface area (TPSA) is 34.4 Å². The highest BCUT2D eigenvalue weighted by atomic mass is 16.5. The fraction of sp³-hybridized carbons (Fsp3) is 0.733. The minimum atomic E-state index is 0.785. The third-order valence-corrected chi connectivity index (χ3v) is 2.94. The zero-order valence-electron chi connectivity index (χ0n) is 11.6. The zero-order chi connectivity index (χ0) is 12.9. The molecule has 0 aliphatic carbocycles. The maximum absolute atomic E-state index is 5.57. The van der Waals surface area contributed by atoms with Crippen molar-refractivity contribution in [1.29, 1.82) is 0 Å². The van der Waals surface area contributed by atoms with Crippen LogP contribution in [0, 0.1) is 0 Å². The van der Waals surface area contributed by atoms with Gasteiger partial charge in [0.2, 0.25) is 0 Å². The van der Waals surface area contributed by atoms with Crippen LogP contribution in [0.2, 0.25) is 0 Å². The minimum Gasteiger partial charge on any atom is -0.468 e. The van der Waals surface area contributed by atoms with E-state index in [1.165, 1.54) is 38.5 Å². The van der Waals surface area contributed by atoms with Gasteiger partial charge in [0, 0.05) is 13.2 Å². The molecule has 18 heavy (non-hydrogen) atoms. The molecule has 0 aliphatic heterocycles. The van der Waals surface area contributed by atoms with Crippen LogP contribution in [0.3, 0.4) is 0 Å². The molecule has 0 saturated carbocycles. The molecule has 1 rings (SSSR count). The summed E-state index contributed by atoms with van der Waals surface area (Å²) in [5.41, 5.74) is 0. The van der Waals surface area contributed by atoms with Gasteiger partial charge in [0.15, 0.2) is 0 Å². The van der Waals surface area contributed by atoms with Gasteiger partial charge in [-0.3, -0.25) is 0 Å². The van der Waals surface area contributed by atoms with E-state index < -0.39 is 0 Å². The van der Waals surface area contributed by atoms with Gasteiger partial charge in [0.1, 0.15) is 5.76 Å². The molecule has 0 unspecified atom stereocenters. The third kappa shape index (κ3) is 8.31. The Kier molecular flexibility index (Phi) is 9.58. The summed E-state index contributed by atoms with van der Waals surface area (Å²) in [6.45, 7) is 5.60. The van der Waals surface area contributed by atoms with E-state index in [1.54, 1.807) is 6.26 Å². The van der Waals surface area contributed by atoms with Gasteiger partial charge < -0.3 is 14.5 Å². The van der Waals surface area contributed by atoms with E-state index in [0.717, 1.165) is 32.1 Å². The van der Waals surface area contributed by atoms with E-state index in [4.69, 9.17) is 9.15 Å². The monoisotopic (exact) mass is 253 g/mol. The van der Waals surface area contributed by atoms with Crippen LogP contribution in [-0.2, 0) is 11.3 Å². The Morgan fingerprint density at radius 3 is 2.72 bits per heavy atom. The van der Waals surface area contributed by atoms with E-state index in [9.17, 15) is 0 Å². The largest absolute Gasteiger partial charge is 0.468 e. The van der Waals surface area contributed by atoms with Crippen LogP contribution in [0.25, 0.3) is 0 Å².